The van der Waals surface area contributed by atoms with Crippen molar-refractivity contribution in [2.24, 2.45) is 0 Å². The number of aromatic amines is 1. The average Bonchev–Trinajstić information content (AvgIpc) is 2.78. The van der Waals surface area contributed by atoms with Gasteiger partial charge in [-0.15, -0.1) is 0 Å². The van der Waals surface area contributed by atoms with Gasteiger partial charge in [-0.3, -0.25) is 9.59 Å². The van der Waals surface area contributed by atoms with E-state index in [0.29, 0.717) is 5.69 Å². The summed E-state index contributed by atoms with van der Waals surface area (Å²) in [6, 6.07) is 13.9. The van der Waals surface area contributed by atoms with Crippen molar-refractivity contribution in [1.82, 2.24) is 9.97 Å². The summed E-state index contributed by atoms with van der Waals surface area (Å²) in [4.78, 5) is 30.7. The van der Waals surface area contributed by atoms with E-state index in [0.717, 1.165) is 48.3 Å². The molecule has 32 heavy (non-hydrogen) atoms. The molecule has 0 aliphatic rings. The summed E-state index contributed by atoms with van der Waals surface area (Å²) >= 11 is 1.02. The molecule has 0 bridgehead atoms. The molecule has 1 heterocycles. The molecule has 0 saturated carbocycles. The van der Waals surface area contributed by atoms with Crippen molar-refractivity contribution in [2.45, 2.75) is 48.1 Å². The van der Waals surface area contributed by atoms with Crippen LogP contribution in [0.3, 0.4) is 0 Å². The fourth-order valence-electron chi connectivity index (χ4n) is 2.94. The average molecular weight is 472 g/mol. The summed E-state index contributed by atoms with van der Waals surface area (Å²) in [7, 11) is -3.99. The zero-order valence-electron chi connectivity index (χ0n) is 17.9. The highest BCUT2D eigenvalue weighted by atomic mass is 32.2. The molecule has 0 aliphatic carbocycles. The summed E-state index contributed by atoms with van der Waals surface area (Å²) in [5.41, 5.74) is 2.04. The van der Waals surface area contributed by atoms with E-state index in [1.54, 1.807) is 24.3 Å². The Balaban J connectivity index is 1.66. The number of H-pyrrole nitrogens is 1. The van der Waals surface area contributed by atoms with Crippen molar-refractivity contribution < 1.29 is 13.2 Å². The number of anilines is 1. The monoisotopic (exact) mass is 471 g/mol. The number of carbonyl (C=O) groups is 1. The third kappa shape index (κ3) is 6.08. The van der Waals surface area contributed by atoms with Gasteiger partial charge in [-0.1, -0.05) is 54.9 Å². The first-order valence-corrected chi connectivity index (χ1v) is 12.7. The molecule has 3 aromatic rings. The summed E-state index contributed by atoms with van der Waals surface area (Å²) in [6.07, 6.45) is 4.00. The number of nitrogens with zero attached hydrogens (tertiary/aromatic N) is 1. The minimum Gasteiger partial charge on any atom is -0.325 e. The first kappa shape index (κ1) is 23.7. The van der Waals surface area contributed by atoms with Crippen molar-refractivity contribution in [3.63, 3.8) is 0 Å². The number of hydrogen-bond acceptors (Lipinski definition) is 6. The number of unbranched alkanes of at least 4 members (excludes halogenated alkanes) is 1. The minimum absolute atomic E-state index is 0.0160. The highest BCUT2D eigenvalue weighted by molar-refractivity contribution is 7.99. The molecule has 1 amide bonds. The highest BCUT2D eigenvalue weighted by Gasteiger charge is 2.22. The van der Waals surface area contributed by atoms with Crippen LogP contribution in [0, 0.1) is 6.92 Å². The molecular weight excluding hydrogens is 446 g/mol. The van der Waals surface area contributed by atoms with Gasteiger partial charge in [0.05, 0.1) is 16.8 Å². The normalized spacial score (nSPS) is 11.3. The number of benzene rings is 2. The number of rotatable bonds is 9. The van der Waals surface area contributed by atoms with E-state index in [2.05, 4.69) is 22.2 Å². The molecule has 0 spiro atoms. The van der Waals surface area contributed by atoms with Crippen LogP contribution in [0.5, 0.6) is 0 Å². The molecule has 1 aromatic heterocycles. The maximum atomic E-state index is 12.9. The zero-order chi connectivity index (χ0) is 23.1. The Morgan fingerprint density at radius 3 is 2.41 bits per heavy atom. The van der Waals surface area contributed by atoms with E-state index in [1.807, 2.05) is 19.1 Å². The molecule has 9 heteroatoms. The van der Waals surface area contributed by atoms with Crippen molar-refractivity contribution >= 4 is 33.2 Å². The molecule has 2 aromatic carbocycles. The van der Waals surface area contributed by atoms with E-state index in [1.165, 1.54) is 12.1 Å². The number of aromatic nitrogens is 2. The topological polar surface area (TPSA) is 109 Å². The van der Waals surface area contributed by atoms with Crippen LogP contribution in [-0.2, 0) is 21.1 Å². The van der Waals surface area contributed by atoms with E-state index in [9.17, 15) is 18.0 Å². The molecule has 0 saturated heterocycles. The van der Waals surface area contributed by atoms with E-state index in [4.69, 9.17) is 0 Å². The fourth-order valence-corrected chi connectivity index (χ4v) is 4.81. The molecule has 0 radical (unpaired) electrons. The van der Waals surface area contributed by atoms with Crippen LogP contribution in [0.1, 0.15) is 30.9 Å². The molecular formula is C23H25N3O4S2. The van der Waals surface area contributed by atoms with Crippen molar-refractivity contribution in [1.29, 1.82) is 0 Å². The van der Waals surface area contributed by atoms with Gasteiger partial charge in [-0.05, 0) is 49.6 Å². The predicted octanol–water partition coefficient (Wildman–Crippen LogP) is 3.98. The third-order valence-corrected chi connectivity index (χ3v) is 7.41. The van der Waals surface area contributed by atoms with Gasteiger partial charge in [0, 0.05) is 5.69 Å². The Morgan fingerprint density at radius 1 is 1.09 bits per heavy atom. The Kier molecular flexibility index (Phi) is 7.87. The number of thioether (sulfide) groups is 1. The van der Waals surface area contributed by atoms with Crippen LogP contribution in [-0.4, -0.2) is 30.0 Å². The number of nitrogens with one attached hydrogen (secondary N) is 2. The summed E-state index contributed by atoms with van der Waals surface area (Å²) in [5.74, 6) is -0.247. The summed E-state index contributed by atoms with van der Waals surface area (Å²) in [5, 5.41) is 2.92. The summed E-state index contributed by atoms with van der Waals surface area (Å²) < 4.78 is 25.7. The predicted molar refractivity (Wildman–Crippen MR) is 126 cm³/mol. The van der Waals surface area contributed by atoms with Gasteiger partial charge in [-0.2, -0.15) is 0 Å². The van der Waals surface area contributed by atoms with Crippen LogP contribution in [0.2, 0.25) is 0 Å². The molecule has 0 aliphatic heterocycles. The second-order valence-electron chi connectivity index (χ2n) is 7.34. The maximum absolute atomic E-state index is 12.9. The van der Waals surface area contributed by atoms with Gasteiger partial charge in [0.25, 0.3) is 5.56 Å². The van der Waals surface area contributed by atoms with Gasteiger partial charge in [-0.25, -0.2) is 13.4 Å². The molecule has 3 rings (SSSR count). The van der Waals surface area contributed by atoms with Crippen molar-refractivity contribution in [3.05, 3.63) is 76.2 Å². The number of sulfone groups is 1. The number of aryl methyl sites for hydroxylation is 2. The smallest absolute Gasteiger partial charge is 0.270 e. The quantitative estimate of drug-likeness (QED) is 0.361. The Morgan fingerprint density at radius 2 is 1.78 bits per heavy atom. The Bertz CT molecular complexity index is 1240. The fraction of sp³-hybridized carbons (Fsp3) is 0.261. The lowest BCUT2D eigenvalue weighted by Gasteiger charge is -2.07. The van der Waals surface area contributed by atoms with E-state index >= 15 is 0 Å². The first-order chi connectivity index (χ1) is 15.3. The SMILES string of the molecule is CCCCc1ccc(S(=O)(=O)c2cnc(SCC(=O)Nc3ccc(C)cc3)[nH]c2=O)cc1. The lowest BCUT2D eigenvalue weighted by atomic mass is 10.1. The van der Waals surface area contributed by atoms with Gasteiger partial charge >= 0.3 is 0 Å². The lowest BCUT2D eigenvalue weighted by Crippen LogP contribution is -2.20. The summed E-state index contributed by atoms with van der Waals surface area (Å²) in [6.45, 7) is 4.05. The molecule has 0 fully saturated rings. The molecule has 0 unspecified atom stereocenters. The van der Waals surface area contributed by atoms with Crippen LogP contribution in [0.4, 0.5) is 5.69 Å². The van der Waals surface area contributed by atoms with E-state index in [-0.39, 0.29) is 21.7 Å². The van der Waals surface area contributed by atoms with Gasteiger partial charge in [0.15, 0.2) is 10.1 Å². The van der Waals surface area contributed by atoms with Crippen molar-refractivity contribution in [3.8, 4) is 0 Å². The Hall–Kier alpha value is -2.91. The maximum Gasteiger partial charge on any atom is 0.270 e. The van der Waals surface area contributed by atoms with Crippen LogP contribution < -0.4 is 10.9 Å². The Labute approximate surface area is 191 Å². The minimum atomic E-state index is -3.99. The largest absolute Gasteiger partial charge is 0.325 e. The number of amides is 1. The first-order valence-electron chi connectivity index (χ1n) is 10.2. The molecule has 0 atom stereocenters. The third-order valence-electron chi connectivity index (χ3n) is 4.76. The number of carbonyl (C=O) groups excluding carboxylic acids is 1. The second kappa shape index (κ2) is 10.6. The van der Waals surface area contributed by atoms with Crippen molar-refractivity contribution in [2.75, 3.05) is 11.1 Å². The van der Waals surface area contributed by atoms with Crippen LogP contribution >= 0.6 is 11.8 Å². The van der Waals surface area contributed by atoms with Gasteiger partial charge in [0.1, 0.15) is 0 Å². The second-order valence-corrected chi connectivity index (χ2v) is 10.2. The highest BCUT2D eigenvalue weighted by Crippen LogP contribution is 2.20. The zero-order valence-corrected chi connectivity index (χ0v) is 19.6. The van der Waals surface area contributed by atoms with Crippen LogP contribution in [0.25, 0.3) is 0 Å². The standard InChI is InChI=1S/C23H25N3O4S2/c1-3-4-5-17-8-12-19(13-9-17)32(29,30)20-14-24-23(26-22(20)28)31-15-21(27)25-18-10-6-16(2)7-11-18/h6-14H,3-5,15H2,1-2H3,(H,25,27)(H,24,26,28). The molecule has 2 N–H and O–H groups in total. The number of hydrogen-bond donors (Lipinski definition) is 2. The molecule has 7 nitrogen and oxygen atoms in total. The van der Waals surface area contributed by atoms with Gasteiger partial charge in [0.2, 0.25) is 15.7 Å². The van der Waals surface area contributed by atoms with E-state index < -0.39 is 20.3 Å². The van der Waals surface area contributed by atoms with Gasteiger partial charge < -0.3 is 10.3 Å². The lowest BCUT2D eigenvalue weighted by molar-refractivity contribution is -0.113. The molecule has 168 valence electrons. The van der Waals surface area contributed by atoms with Crippen LogP contribution in [0.15, 0.2) is 74.5 Å².